The molecule has 0 spiro atoms. The molecule has 1 unspecified atom stereocenters. The number of fused-ring (bicyclic) bond motifs is 1. The van der Waals surface area contributed by atoms with Crippen LogP contribution in [0.1, 0.15) is 20.3 Å². The first-order chi connectivity index (χ1) is 11.8. The summed E-state index contributed by atoms with van der Waals surface area (Å²) in [4.78, 5) is 8.89. The molecule has 2 heterocycles. The van der Waals surface area contributed by atoms with Gasteiger partial charge in [-0.25, -0.2) is 18.4 Å². The lowest BCUT2D eigenvalue weighted by atomic mass is 10.1. The summed E-state index contributed by atoms with van der Waals surface area (Å²) in [5.74, 6) is 0.674. The normalized spacial score (nSPS) is 19.2. The summed E-state index contributed by atoms with van der Waals surface area (Å²) in [6, 6.07) is 8.30. The van der Waals surface area contributed by atoms with Crippen LogP contribution in [0.15, 0.2) is 52.5 Å². The fourth-order valence-electron chi connectivity index (χ4n) is 3.32. The molecule has 1 aliphatic rings. The predicted molar refractivity (Wildman–Crippen MR) is 95.7 cm³/mol. The molecule has 2 aromatic heterocycles. The molecular formula is C18H20N4O2S. The minimum Gasteiger partial charge on any atom is -0.384 e. The lowest BCUT2D eigenvalue weighted by Crippen LogP contribution is -2.10. The highest BCUT2D eigenvalue weighted by atomic mass is 32.2. The fraction of sp³-hybridized carbons (Fsp3) is 0.333. The minimum absolute atomic E-state index is 0.0558. The van der Waals surface area contributed by atoms with Crippen molar-refractivity contribution >= 4 is 26.8 Å². The van der Waals surface area contributed by atoms with Gasteiger partial charge in [0.15, 0.2) is 5.65 Å². The van der Waals surface area contributed by atoms with Crippen molar-refractivity contribution in [3.63, 3.8) is 0 Å². The summed E-state index contributed by atoms with van der Waals surface area (Å²) in [6.45, 7) is 5.05. The second kappa shape index (κ2) is 5.29. The van der Waals surface area contributed by atoms with Gasteiger partial charge in [-0.3, -0.25) is 0 Å². The molecule has 0 radical (unpaired) electrons. The first-order valence-electron chi connectivity index (χ1n) is 8.21. The third kappa shape index (κ3) is 2.50. The maximum Gasteiger partial charge on any atom is 0.212 e. The highest BCUT2D eigenvalue weighted by Gasteiger charge is 2.46. The largest absolute Gasteiger partial charge is 0.384 e. The van der Waals surface area contributed by atoms with E-state index < -0.39 is 9.84 Å². The Balaban J connectivity index is 1.92. The Bertz CT molecular complexity index is 1060. The topological polar surface area (TPSA) is 90.9 Å². The van der Waals surface area contributed by atoms with Crippen LogP contribution in [-0.2, 0) is 16.4 Å². The van der Waals surface area contributed by atoms with Crippen LogP contribution in [0.25, 0.3) is 11.2 Å². The molecule has 25 heavy (non-hydrogen) atoms. The fourth-order valence-corrected chi connectivity index (χ4v) is 4.86. The molecule has 6 nitrogen and oxygen atoms in total. The number of nitrogens with zero attached hydrogens (tertiary/aromatic N) is 3. The number of hydrogen-bond acceptors (Lipinski definition) is 5. The third-order valence-electron chi connectivity index (χ3n) is 5.12. The molecule has 0 saturated heterocycles. The van der Waals surface area contributed by atoms with Gasteiger partial charge in [0.05, 0.1) is 4.90 Å². The number of hydrogen-bond donors (Lipinski definition) is 1. The lowest BCUT2D eigenvalue weighted by Gasteiger charge is -2.09. The second-order valence-corrected chi connectivity index (χ2v) is 9.15. The second-order valence-electron chi connectivity index (χ2n) is 7.26. The van der Waals surface area contributed by atoms with Gasteiger partial charge < -0.3 is 10.3 Å². The van der Waals surface area contributed by atoms with Crippen molar-refractivity contribution in [3.8, 4) is 0 Å². The number of sulfone groups is 1. The molecule has 3 aromatic rings. The van der Waals surface area contributed by atoms with Crippen LogP contribution in [0.5, 0.6) is 0 Å². The van der Waals surface area contributed by atoms with E-state index in [0.29, 0.717) is 23.6 Å². The molecule has 4 rings (SSSR count). The zero-order valence-corrected chi connectivity index (χ0v) is 15.0. The number of benzene rings is 1. The summed E-state index contributed by atoms with van der Waals surface area (Å²) in [5.41, 5.74) is 7.42. The molecule has 7 heteroatoms. The van der Waals surface area contributed by atoms with Crippen LogP contribution < -0.4 is 5.73 Å². The number of nitrogen functional groups attached to an aromatic ring is 1. The van der Waals surface area contributed by atoms with Gasteiger partial charge in [-0.1, -0.05) is 32.0 Å². The van der Waals surface area contributed by atoms with Crippen LogP contribution in [0, 0.1) is 11.3 Å². The zero-order valence-electron chi connectivity index (χ0n) is 14.2. The predicted octanol–water partition coefficient (Wildman–Crippen LogP) is 2.89. The Morgan fingerprint density at radius 3 is 2.48 bits per heavy atom. The van der Waals surface area contributed by atoms with Crippen molar-refractivity contribution < 1.29 is 8.42 Å². The van der Waals surface area contributed by atoms with E-state index in [-0.39, 0.29) is 21.0 Å². The van der Waals surface area contributed by atoms with Crippen molar-refractivity contribution in [2.24, 2.45) is 11.3 Å². The molecule has 1 saturated carbocycles. The molecule has 0 amide bonds. The van der Waals surface area contributed by atoms with Crippen LogP contribution in [-0.4, -0.2) is 23.0 Å². The van der Waals surface area contributed by atoms with Gasteiger partial charge in [0.1, 0.15) is 16.2 Å². The summed E-state index contributed by atoms with van der Waals surface area (Å²) in [6.07, 6.45) is 4.15. The molecule has 130 valence electrons. The Morgan fingerprint density at radius 2 is 1.84 bits per heavy atom. The number of nitrogens with two attached hydrogens (primary N) is 1. The van der Waals surface area contributed by atoms with E-state index in [9.17, 15) is 8.42 Å². The molecule has 1 fully saturated rings. The maximum atomic E-state index is 13.1. The van der Waals surface area contributed by atoms with E-state index in [4.69, 9.17) is 5.73 Å². The van der Waals surface area contributed by atoms with Gasteiger partial charge >= 0.3 is 0 Å². The number of aromatic nitrogens is 3. The standard InChI is InChI=1S/C18H20N4O2S/c1-18(2)10-12(18)11-22-16(19)15(14-17(22)21-9-8-20-14)25(23,24)13-6-4-3-5-7-13/h3-9,12H,10-11,19H2,1-2H3. The van der Waals surface area contributed by atoms with E-state index >= 15 is 0 Å². The minimum atomic E-state index is -3.77. The molecule has 0 aliphatic heterocycles. The SMILES string of the molecule is CC1(C)CC1Cn1c(N)c(S(=O)(=O)c2ccccc2)c2nccnc21. The van der Waals surface area contributed by atoms with Gasteiger partial charge in [-0.2, -0.15) is 0 Å². The van der Waals surface area contributed by atoms with Crippen LogP contribution in [0.2, 0.25) is 0 Å². The molecular weight excluding hydrogens is 336 g/mol. The van der Waals surface area contributed by atoms with Crippen molar-refractivity contribution in [2.75, 3.05) is 5.73 Å². The van der Waals surface area contributed by atoms with E-state index in [1.807, 2.05) is 0 Å². The molecule has 0 bridgehead atoms. The molecule has 1 atom stereocenters. The zero-order chi connectivity index (χ0) is 17.8. The van der Waals surface area contributed by atoms with Crippen molar-refractivity contribution in [3.05, 3.63) is 42.7 Å². The maximum absolute atomic E-state index is 13.1. The van der Waals surface area contributed by atoms with Gasteiger partial charge in [-0.05, 0) is 29.9 Å². The highest BCUT2D eigenvalue weighted by Crippen LogP contribution is 2.53. The first kappa shape index (κ1) is 16.1. The Hall–Kier alpha value is -2.41. The summed E-state index contributed by atoms with van der Waals surface area (Å²) in [7, 11) is -3.77. The summed E-state index contributed by atoms with van der Waals surface area (Å²) in [5, 5.41) is 0. The average Bonchev–Trinajstić information content (AvgIpc) is 3.09. The number of rotatable bonds is 4. The molecule has 2 N–H and O–H groups in total. The van der Waals surface area contributed by atoms with Crippen LogP contribution in [0.4, 0.5) is 5.82 Å². The summed E-state index contributed by atoms with van der Waals surface area (Å²) >= 11 is 0. The van der Waals surface area contributed by atoms with Gasteiger partial charge in [0, 0.05) is 18.9 Å². The van der Waals surface area contributed by atoms with Crippen molar-refractivity contribution in [1.29, 1.82) is 0 Å². The van der Waals surface area contributed by atoms with Crippen molar-refractivity contribution in [2.45, 2.75) is 36.6 Å². The van der Waals surface area contributed by atoms with Crippen molar-refractivity contribution in [1.82, 2.24) is 14.5 Å². The first-order valence-corrected chi connectivity index (χ1v) is 9.69. The van der Waals surface area contributed by atoms with Crippen LogP contribution >= 0.6 is 0 Å². The quantitative estimate of drug-likeness (QED) is 0.776. The monoisotopic (exact) mass is 356 g/mol. The van der Waals surface area contributed by atoms with Gasteiger partial charge in [0.2, 0.25) is 9.84 Å². The Labute approximate surface area is 146 Å². The van der Waals surface area contributed by atoms with E-state index in [1.54, 1.807) is 41.1 Å². The van der Waals surface area contributed by atoms with E-state index in [2.05, 4.69) is 23.8 Å². The smallest absolute Gasteiger partial charge is 0.212 e. The van der Waals surface area contributed by atoms with Crippen LogP contribution in [0.3, 0.4) is 0 Å². The Morgan fingerprint density at radius 1 is 1.20 bits per heavy atom. The molecule has 1 aromatic carbocycles. The Kier molecular flexibility index (Phi) is 3.40. The van der Waals surface area contributed by atoms with E-state index in [0.717, 1.165) is 6.42 Å². The third-order valence-corrected chi connectivity index (χ3v) is 6.95. The number of anilines is 1. The van der Waals surface area contributed by atoms with Gasteiger partial charge in [-0.15, -0.1) is 0 Å². The van der Waals surface area contributed by atoms with E-state index in [1.165, 1.54) is 6.20 Å². The average molecular weight is 356 g/mol. The summed E-state index contributed by atoms with van der Waals surface area (Å²) < 4.78 is 28.1. The van der Waals surface area contributed by atoms with Gasteiger partial charge in [0.25, 0.3) is 0 Å². The lowest BCUT2D eigenvalue weighted by molar-refractivity contribution is 0.506. The highest BCUT2D eigenvalue weighted by molar-refractivity contribution is 7.92. The molecule has 1 aliphatic carbocycles.